The number of ether oxygens (including phenoxy) is 1. The summed E-state index contributed by atoms with van der Waals surface area (Å²) < 4.78 is 46.2. The van der Waals surface area contributed by atoms with Gasteiger partial charge in [0.05, 0.1) is 23.4 Å². The highest BCUT2D eigenvalue weighted by Crippen LogP contribution is 2.33. The molecule has 0 saturated carbocycles. The fourth-order valence-electron chi connectivity index (χ4n) is 3.19. The number of halogens is 3. The van der Waals surface area contributed by atoms with Crippen molar-refractivity contribution in [2.45, 2.75) is 19.1 Å². The van der Waals surface area contributed by atoms with Gasteiger partial charge < -0.3 is 14.4 Å². The first-order valence-electron chi connectivity index (χ1n) is 9.35. The van der Waals surface area contributed by atoms with Gasteiger partial charge in [0, 0.05) is 29.6 Å². The third-order valence-corrected chi connectivity index (χ3v) is 5.61. The zero-order valence-electron chi connectivity index (χ0n) is 16.1. The molecule has 0 spiro atoms. The van der Waals surface area contributed by atoms with Gasteiger partial charge in [0.15, 0.2) is 0 Å². The number of fused-ring (bicyclic) bond motifs is 1. The number of rotatable bonds is 7. The number of carbonyl (C=O) groups is 1. The van der Waals surface area contributed by atoms with Crippen LogP contribution in [0.2, 0.25) is 0 Å². The number of aromatic nitrogens is 2. The van der Waals surface area contributed by atoms with Crippen LogP contribution in [-0.2, 0) is 23.9 Å². The van der Waals surface area contributed by atoms with Crippen LogP contribution in [0.15, 0.2) is 60.1 Å². The molecule has 2 aromatic heterocycles. The second-order valence-electron chi connectivity index (χ2n) is 6.88. The molecule has 0 saturated heterocycles. The first kappa shape index (κ1) is 20.9. The van der Waals surface area contributed by atoms with Crippen LogP contribution < -0.4 is 4.74 Å². The van der Waals surface area contributed by atoms with Gasteiger partial charge in [0.25, 0.3) is 0 Å². The maximum atomic E-state index is 12.9. The molecule has 0 aliphatic carbocycles. The van der Waals surface area contributed by atoms with Gasteiger partial charge in [-0.05, 0) is 35.7 Å². The van der Waals surface area contributed by atoms with E-state index in [1.807, 2.05) is 18.2 Å². The lowest BCUT2D eigenvalue weighted by atomic mass is 10.1. The lowest BCUT2D eigenvalue weighted by Gasteiger charge is -2.07. The minimum atomic E-state index is -4.39. The molecule has 1 N–H and O–H groups in total. The Hall–Kier alpha value is -3.33. The van der Waals surface area contributed by atoms with E-state index in [2.05, 4.69) is 4.98 Å². The van der Waals surface area contributed by atoms with Crippen LogP contribution in [0.25, 0.3) is 21.5 Å². The molecule has 0 amide bonds. The Labute approximate surface area is 179 Å². The van der Waals surface area contributed by atoms with Crippen molar-refractivity contribution in [2.24, 2.45) is 0 Å². The molecule has 4 aromatic rings. The number of alkyl halides is 3. The van der Waals surface area contributed by atoms with E-state index in [0.29, 0.717) is 29.3 Å². The Morgan fingerprint density at radius 2 is 2.00 bits per heavy atom. The number of aliphatic carboxylic acids is 1. The SMILES string of the molecule is O=C(O)Cn1ccc2ccc(OCCc3csc(-c4cccc(C(F)(F)F)c4)n3)cc21. The second kappa shape index (κ2) is 8.43. The van der Waals surface area contributed by atoms with Gasteiger partial charge in [-0.25, -0.2) is 4.98 Å². The summed E-state index contributed by atoms with van der Waals surface area (Å²) in [5.74, 6) is -0.324. The topological polar surface area (TPSA) is 64.3 Å². The Morgan fingerprint density at radius 3 is 2.77 bits per heavy atom. The molecule has 4 rings (SSSR count). The molecule has 0 aliphatic rings. The molecule has 5 nitrogen and oxygen atoms in total. The highest BCUT2D eigenvalue weighted by atomic mass is 32.1. The van der Waals surface area contributed by atoms with Crippen LogP contribution in [0.3, 0.4) is 0 Å². The van der Waals surface area contributed by atoms with E-state index in [-0.39, 0.29) is 6.54 Å². The summed E-state index contributed by atoms with van der Waals surface area (Å²) in [4.78, 5) is 15.4. The standard InChI is InChI=1S/C22H17F3N2O3S/c23-22(24,25)16-3-1-2-15(10-16)21-26-17(13-31-21)7-9-30-18-5-4-14-6-8-27(12-20(28)29)19(14)11-18/h1-6,8,10-11,13H,7,9,12H2,(H,28,29). The summed E-state index contributed by atoms with van der Waals surface area (Å²) in [6, 6.07) is 12.4. The summed E-state index contributed by atoms with van der Waals surface area (Å²) in [5.41, 5.74) is 1.22. The molecule has 0 unspecified atom stereocenters. The third-order valence-electron chi connectivity index (χ3n) is 4.67. The number of carboxylic acid groups (broad SMARTS) is 1. The van der Waals surface area contributed by atoms with Crippen LogP contribution in [0, 0.1) is 0 Å². The van der Waals surface area contributed by atoms with Gasteiger partial charge in [-0.2, -0.15) is 13.2 Å². The summed E-state index contributed by atoms with van der Waals surface area (Å²) in [5, 5.41) is 12.3. The van der Waals surface area contributed by atoms with E-state index in [4.69, 9.17) is 9.84 Å². The zero-order chi connectivity index (χ0) is 22.0. The number of hydrogen-bond acceptors (Lipinski definition) is 4. The van der Waals surface area contributed by atoms with Gasteiger partial charge in [-0.15, -0.1) is 11.3 Å². The van der Waals surface area contributed by atoms with E-state index in [1.165, 1.54) is 17.4 Å². The van der Waals surface area contributed by atoms with Crippen molar-refractivity contribution < 1.29 is 27.8 Å². The number of benzene rings is 2. The molecule has 9 heteroatoms. The van der Waals surface area contributed by atoms with Crippen molar-refractivity contribution in [1.82, 2.24) is 9.55 Å². The molecule has 0 atom stereocenters. The van der Waals surface area contributed by atoms with Crippen LogP contribution in [0.5, 0.6) is 5.75 Å². The first-order chi connectivity index (χ1) is 14.8. The lowest BCUT2D eigenvalue weighted by molar-refractivity contribution is -0.138. The van der Waals surface area contributed by atoms with Crippen LogP contribution >= 0.6 is 11.3 Å². The second-order valence-corrected chi connectivity index (χ2v) is 7.74. The van der Waals surface area contributed by atoms with Crippen LogP contribution in [0.1, 0.15) is 11.3 Å². The van der Waals surface area contributed by atoms with Crippen LogP contribution in [-0.4, -0.2) is 27.2 Å². The largest absolute Gasteiger partial charge is 0.493 e. The monoisotopic (exact) mass is 446 g/mol. The Morgan fingerprint density at radius 1 is 1.16 bits per heavy atom. The quantitative estimate of drug-likeness (QED) is 0.408. The summed E-state index contributed by atoms with van der Waals surface area (Å²) >= 11 is 1.29. The fourth-order valence-corrected chi connectivity index (χ4v) is 4.04. The number of carboxylic acids is 1. The fraction of sp³-hybridized carbons (Fsp3) is 0.182. The highest BCUT2D eigenvalue weighted by Gasteiger charge is 2.30. The van der Waals surface area contributed by atoms with Gasteiger partial charge in [-0.1, -0.05) is 12.1 Å². The molecule has 31 heavy (non-hydrogen) atoms. The molecule has 0 fully saturated rings. The summed E-state index contributed by atoms with van der Waals surface area (Å²) in [6.07, 6.45) is -2.19. The van der Waals surface area contributed by atoms with E-state index >= 15 is 0 Å². The van der Waals surface area contributed by atoms with E-state index in [0.717, 1.165) is 28.7 Å². The Bertz CT molecular complexity index is 1230. The molecular weight excluding hydrogens is 429 g/mol. The molecule has 0 radical (unpaired) electrons. The lowest BCUT2D eigenvalue weighted by Crippen LogP contribution is -2.07. The minimum Gasteiger partial charge on any atom is -0.493 e. The van der Waals surface area contributed by atoms with Gasteiger partial charge in [-0.3, -0.25) is 4.79 Å². The minimum absolute atomic E-state index is 0.135. The van der Waals surface area contributed by atoms with Crippen molar-refractivity contribution in [3.05, 3.63) is 71.4 Å². The van der Waals surface area contributed by atoms with E-state index in [9.17, 15) is 18.0 Å². The Balaban J connectivity index is 1.41. The van der Waals surface area contributed by atoms with Crippen molar-refractivity contribution in [2.75, 3.05) is 6.61 Å². The van der Waals surface area contributed by atoms with Gasteiger partial charge in [0.2, 0.25) is 0 Å². The smallest absolute Gasteiger partial charge is 0.416 e. The molecule has 2 aromatic carbocycles. The maximum Gasteiger partial charge on any atom is 0.416 e. The van der Waals surface area contributed by atoms with Crippen molar-refractivity contribution in [3.8, 4) is 16.3 Å². The highest BCUT2D eigenvalue weighted by molar-refractivity contribution is 7.13. The van der Waals surface area contributed by atoms with Crippen molar-refractivity contribution in [1.29, 1.82) is 0 Å². The predicted octanol–water partition coefficient (Wildman–Crippen LogP) is 5.49. The predicted molar refractivity (Wildman–Crippen MR) is 111 cm³/mol. The molecule has 160 valence electrons. The van der Waals surface area contributed by atoms with Gasteiger partial charge >= 0.3 is 12.1 Å². The summed E-state index contributed by atoms with van der Waals surface area (Å²) in [6.45, 7) is 0.195. The van der Waals surface area contributed by atoms with Crippen molar-refractivity contribution >= 4 is 28.2 Å². The molecule has 0 bridgehead atoms. The third kappa shape index (κ3) is 4.88. The van der Waals surface area contributed by atoms with E-state index in [1.54, 1.807) is 28.3 Å². The summed E-state index contributed by atoms with van der Waals surface area (Å²) in [7, 11) is 0. The first-order valence-corrected chi connectivity index (χ1v) is 10.2. The number of nitrogens with zero attached hydrogens (tertiary/aromatic N) is 2. The zero-order valence-corrected chi connectivity index (χ0v) is 16.9. The molecule has 0 aliphatic heterocycles. The maximum absolute atomic E-state index is 12.9. The van der Waals surface area contributed by atoms with E-state index < -0.39 is 17.7 Å². The average Bonchev–Trinajstić information content (AvgIpc) is 3.35. The number of thiazole rings is 1. The molecular formula is C22H17F3N2O3S. The molecule has 2 heterocycles. The average molecular weight is 446 g/mol. The normalized spacial score (nSPS) is 11.7. The van der Waals surface area contributed by atoms with Crippen molar-refractivity contribution in [3.63, 3.8) is 0 Å². The van der Waals surface area contributed by atoms with Gasteiger partial charge in [0.1, 0.15) is 17.3 Å². The Kier molecular flexibility index (Phi) is 5.69. The van der Waals surface area contributed by atoms with Crippen LogP contribution in [0.4, 0.5) is 13.2 Å². The number of hydrogen-bond donors (Lipinski definition) is 1.